The summed E-state index contributed by atoms with van der Waals surface area (Å²) in [5.41, 5.74) is 1.93. The molecule has 0 saturated carbocycles. The number of rotatable bonds is 8. The van der Waals surface area contributed by atoms with E-state index in [2.05, 4.69) is 10.2 Å². The number of benzene rings is 3. The van der Waals surface area contributed by atoms with Crippen molar-refractivity contribution in [3.8, 4) is 5.75 Å². The number of esters is 1. The first-order valence-corrected chi connectivity index (χ1v) is 11.6. The molecule has 0 spiro atoms. The van der Waals surface area contributed by atoms with Gasteiger partial charge in [0.25, 0.3) is 11.6 Å². The number of fused-ring (bicyclic) bond motifs is 2. The fourth-order valence-corrected chi connectivity index (χ4v) is 4.77. The van der Waals surface area contributed by atoms with Gasteiger partial charge < -0.3 is 19.7 Å². The van der Waals surface area contributed by atoms with Crippen LogP contribution in [0.1, 0.15) is 13.3 Å². The highest BCUT2D eigenvalue weighted by Crippen LogP contribution is 2.47. The summed E-state index contributed by atoms with van der Waals surface area (Å²) in [5, 5.41) is 13.6. The predicted octanol–water partition coefficient (Wildman–Crippen LogP) is 5.17. The van der Waals surface area contributed by atoms with Gasteiger partial charge in [-0.1, -0.05) is 36.0 Å². The Morgan fingerprint density at radius 1 is 1.06 bits per heavy atom. The zero-order valence-corrected chi connectivity index (χ0v) is 19.9. The van der Waals surface area contributed by atoms with Gasteiger partial charge in [-0.2, -0.15) is 0 Å². The molecule has 1 N–H and O–H groups in total. The minimum atomic E-state index is -1.11. The van der Waals surface area contributed by atoms with E-state index < -0.39 is 22.9 Å². The Balaban J connectivity index is 1.40. The smallest absolute Gasteiger partial charge is 0.308 e. The molecule has 10 heteroatoms. The third kappa shape index (κ3) is 5.38. The summed E-state index contributed by atoms with van der Waals surface area (Å²) in [6.45, 7) is 1.82. The van der Waals surface area contributed by atoms with Crippen LogP contribution in [0, 0.1) is 10.1 Å². The molecule has 0 aromatic heterocycles. The Labute approximate surface area is 206 Å². The number of anilines is 3. The molecule has 0 unspecified atom stereocenters. The first-order valence-electron chi connectivity index (χ1n) is 10.8. The van der Waals surface area contributed by atoms with E-state index in [-0.39, 0.29) is 23.5 Å². The molecule has 0 radical (unpaired) electrons. The van der Waals surface area contributed by atoms with Gasteiger partial charge in [0, 0.05) is 28.5 Å². The molecule has 3 aromatic carbocycles. The number of nitrogens with one attached hydrogen (secondary N) is 1. The molecule has 1 heterocycles. The fourth-order valence-electron chi connectivity index (χ4n) is 3.68. The van der Waals surface area contributed by atoms with Gasteiger partial charge in [-0.05, 0) is 37.3 Å². The molecule has 9 nitrogen and oxygen atoms in total. The van der Waals surface area contributed by atoms with Crippen molar-refractivity contribution in [1.82, 2.24) is 0 Å². The summed E-state index contributed by atoms with van der Waals surface area (Å²) in [7, 11) is 1.38. The predicted molar refractivity (Wildman–Crippen MR) is 132 cm³/mol. The molecule has 1 atom stereocenters. The highest BCUT2D eigenvalue weighted by atomic mass is 32.2. The van der Waals surface area contributed by atoms with E-state index in [1.807, 2.05) is 48.5 Å². The molecule has 1 aliphatic heterocycles. The Morgan fingerprint density at radius 3 is 2.29 bits per heavy atom. The lowest BCUT2D eigenvalue weighted by Gasteiger charge is -2.32. The minimum Gasteiger partial charge on any atom is -0.495 e. The molecular weight excluding hydrogens is 470 g/mol. The first-order chi connectivity index (χ1) is 16.9. The maximum atomic E-state index is 12.6. The summed E-state index contributed by atoms with van der Waals surface area (Å²) < 4.78 is 10.5. The van der Waals surface area contributed by atoms with Crippen LogP contribution in [0.5, 0.6) is 5.75 Å². The molecule has 3 aromatic rings. The van der Waals surface area contributed by atoms with Crippen molar-refractivity contribution < 1.29 is 24.0 Å². The SMILES string of the molecule is COc1ccc([N+](=O)[O-])cc1NC(=O)[C@@H](C)OC(=O)CCN1c2ccccc2Sc2ccccc21. The molecule has 4 rings (SSSR count). The van der Waals surface area contributed by atoms with E-state index in [0.29, 0.717) is 6.54 Å². The average Bonchev–Trinajstić information content (AvgIpc) is 2.86. The van der Waals surface area contributed by atoms with E-state index in [0.717, 1.165) is 21.2 Å². The molecule has 1 aliphatic rings. The standard InChI is InChI=1S/C25H23N3O6S/c1-16(25(30)26-18-15-17(28(31)32)11-12-21(18)33-2)34-24(29)13-14-27-19-7-3-5-9-22(19)35-23-10-6-4-8-20(23)27/h3-12,15-16H,13-14H2,1-2H3,(H,26,30)/t16-/m1/s1. The summed E-state index contributed by atoms with van der Waals surface area (Å²) in [5.74, 6) is -0.906. The summed E-state index contributed by atoms with van der Waals surface area (Å²) in [6, 6.07) is 19.8. The van der Waals surface area contributed by atoms with Gasteiger partial charge in [-0.3, -0.25) is 19.7 Å². The third-order valence-electron chi connectivity index (χ3n) is 5.40. The average molecular weight is 494 g/mol. The van der Waals surface area contributed by atoms with Crippen molar-refractivity contribution in [3.05, 3.63) is 76.8 Å². The number of non-ortho nitro benzene ring substituents is 1. The first kappa shape index (κ1) is 24.1. The molecule has 0 saturated heterocycles. The number of methoxy groups -OCH3 is 1. The van der Waals surface area contributed by atoms with Gasteiger partial charge in [0.05, 0.1) is 35.5 Å². The van der Waals surface area contributed by atoms with E-state index in [1.54, 1.807) is 11.8 Å². The molecule has 0 bridgehead atoms. The van der Waals surface area contributed by atoms with Crippen LogP contribution in [0.4, 0.5) is 22.7 Å². The van der Waals surface area contributed by atoms with Crippen molar-refractivity contribution in [3.63, 3.8) is 0 Å². The number of nitro groups is 1. The van der Waals surface area contributed by atoms with Crippen LogP contribution in [-0.4, -0.2) is 36.6 Å². The fraction of sp³-hybridized carbons (Fsp3) is 0.200. The van der Waals surface area contributed by atoms with Gasteiger partial charge in [0.2, 0.25) is 0 Å². The largest absolute Gasteiger partial charge is 0.495 e. The number of hydrogen-bond acceptors (Lipinski definition) is 8. The van der Waals surface area contributed by atoms with Gasteiger partial charge in [0.15, 0.2) is 6.10 Å². The van der Waals surface area contributed by atoms with Crippen molar-refractivity contribution >= 4 is 46.4 Å². The normalized spacial score (nSPS) is 12.7. The maximum absolute atomic E-state index is 12.6. The second-order valence-electron chi connectivity index (χ2n) is 7.70. The van der Waals surface area contributed by atoms with Crippen LogP contribution >= 0.6 is 11.8 Å². The Bertz CT molecular complexity index is 1240. The lowest BCUT2D eigenvalue weighted by Crippen LogP contribution is -2.31. The quantitative estimate of drug-likeness (QED) is 0.260. The highest BCUT2D eigenvalue weighted by molar-refractivity contribution is 7.99. The van der Waals surface area contributed by atoms with E-state index in [9.17, 15) is 19.7 Å². The second-order valence-corrected chi connectivity index (χ2v) is 8.79. The Morgan fingerprint density at radius 2 is 1.69 bits per heavy atom. The molecular formula is C25H23N3O6S. The molecule has 180 valence electrons. The van der Waals surface area contributed by atoms with Crippen LogP contribution in [0.3, 0.4) is 0 Å². The number of amides is 1. The number of nitro benzene ring substituents is 1. The Kier molecular flexibility index (Phi) is 7.21. The Hall–Kier alpha value is -4.05. The number of carbonyl (C=O) groups excluding carboxylic acids is 2. The van der Waals surface area contributed by atoms with Crippen LogP contribution in [-0.2, 0) is 14.3 Å². The molecule has 1 amide bonds. The van der Waals surface area contributed by atoms with Crippen LogP contribution in [0.2, 0.25) is 0 Å². The number of hydrogen-bond donors (Lipinski definition) is 1. The second kappa shape index (κ2) is 10.5. The van der Waals surface area contributed by atoms with Crippen molar-refractivity contribution in [1.29, 1.82) is 0 Å². The van der Waals surface area contributed by atoms with Crippen LogP contribution in [0.15, 0.2) is 76.5 Å². The number of carbonyl (C=O) groups is 2. The topological polar surface area (TPSA) is 111 Å². The molecule has 0 fully saturated rings. The van der Waals surface area contributed by atoms with E-state index in [1.165, 1.54) is 32.2 Å². The van der Waals surface area contributed by atoms with E-state index in [4.69, 9.17) is 9.47 Å². The van der Waals surface area contributed by atoms with Gasteiger partial charge >= 0.3 is 5.97 Å². The monoisotopic (exact) mass is 493 g/mol. The number of para-hydroxylation sites is 2. The summed E-state index contributed by atoms with van der Waals surface area (Å²) in [4.78, 5) is 39.9. The lowest BCUT2D eigenvalue weighted by molar-refractivity contribution is -0.384. The third-order valence-corrected chi connectivity index (χ3v) is 6.53. The van der Waals surface area contributed by atoms with Crippen LogP contribution < -0.4 is 15.0 Å². The zero-order valence-electron chi connectivity index (χ0n) is 19.1. The van der Waals surface area contributed by atoms with Gasteiger partial charge in [0.1, 0.15) is 5.75 Å². The highest BCUT2D eigenvalue weighted by Gasteiger charge is 2.25. The number of ether oxygens (including phenoxy) is 2. The molecule has 0 aliphatic carbocycles. The van der Waals surface area contributed by atoms with Crippen molar-refractivity contribution in [2.75, 3.05) is 23.9 Å². The summed E-state index contributed by atoms with van der Waals surface area (Å²) >= 11 is 1.68. The number of nitrogens with zero attached hydrogens (tertiary/aromatic N) is 2. The van der Waals surface area contributed by atoms with Crippen LogP contribution in [0.25, 0.3) is 0 Å². The van der Waals surface area contributed by atoms with Gasteiger partial charge in [-0.15, -0.1) is 0 Å². The zero-order chi connectivity index (χ0) is 24.9. The minimum absolute atomic E-state index is 0.0606. The van der Waals surface area contributed by atoms with Gasteiger partial charge in [-0.25, -0.2) is 0 Å². The van der Waals surface area contributed by atoms with Crippen molar-refractivity contribution in [2.24, 2.45) is 0 Å². The maximum Gasteiger partial charge on any atom is 0.308 e. The lowest BCUT2D eigenvalue weighted by atomic mass is 10.2. The van der Waals surface area contributed by atoms with E-state index >= 15 is 0 Å². The molecule has 35 heavy (non-hydrogen) atoms. The van der Waals surface area contributed by atoms with Crippen molar-refractivity contribution in [2.45, 2.75) is 29.2 Å². The summed E-state index contributed by atoms with van der Waals surface area (Å²) in [6.07, 6.45) is -1.05.